The molecule has 0 saturated carbocycles. The van der Waals surface area contributed by atoms with Crippen molar-refractivity contribution >= 4 is 56.2 Å². The van der Waals surface area contributed by atoms with Crippen molar-refractivity contribution in [1.29, 1.82) is 0 Å². The molecule has 3 rings (SSSR count). The van der Waals surface area contributed by atoms with Gasteiger partial charge in [-0.15, -0.1) is 0 Å². The Kier molecular flexibility index (Phi) is 6.83. The molecule has 2 aromatic rings. The zero-order valence-electron chi connectivity index (χ0n) is 16.5. The Labute approximate surface area is 188 Å². The van der Waals surface area contributed by atoms with E-state index in [2.05, 4.69) is 10.6 Å². The first kappa shape index (κ1) is 23.0. The largest absolute Gasteiger partial charge is 0.495 e. The van der Waals surface area contributed by atoms with Gasteiger partial charge < -0.3 is 24.8 Å². The third kappa shape index (κ3) is 5.15. The number of carbonyl (C=O) groups is 2. The summed E-state index contributed by atoms with van der Waals surface area (Å²) in [5.41, 5.74) is 0.549. The molecule has 0 bridgehead atoms. The van der Waals surface area contributed by atoms with E-state index in [-0.39, 0.29) is 51.0 Å². The highest BCUT2D eigenvalue weighted by molar-refractivity contribution is 7.91. The fourth-order valence-corrected chi connectivity index (χ4v) is 4.90. The van der Waals surface area contributed by atoms with Gasteiger partial charge in [-0.05, 0) is 12.1 Å². The number of rotatable bonds is 7. The normalized spacial score (nSPS) is 13.0. The van der Waals surface area contributed by atoms with Crippen LogP contribution in [0.2, 0.25) is 10.0 Å². The van der Waals surface area contributed by atoms with Gasteiger partial charge >= 0.3 is 0 Å². The molecule has 12 heteroatoms. The third-order valence-corrected chi connectivity index (χ3v) is 6.82. The van der Waals surface area contributed by atoms with E-state index < -0.39 is 21.5 Å². The number of anilines is 2. The minimum absolute atomic E-state index is 0.0893. The number of fused-ring (bicyclic) bond motifs is 1. The van der Waals surface area contributed by atoms with Crippen LogP contribution < -0.4 is 24.8 Å². The van der Waals surface area contributed by atoms with Crippen molar-refractivity contribution in [3.05, 3.63) is 34.3 Å². The molecular weight excluding hydrogens is 471 g/mol. The van der Waals surface area contributed by atoms with Gasteiger partial charge in [0.1, 0.15) is 17.2 Å². The standard InChI is InChI=1S/C19H18Cl2N2O7S/c1-28-14-7-15(29-2)12(5-10(14)20)22-18(24)3-4-31(26,27)17-8-16-13(6-11(17)21)23-19(25)9-30-16/h5-8H,3-4,9H2,1-2H3,(H,22,24)(H,23,25). The van der Waals surface area contributed by atoms with E-state index in [4.69, 9.17) is 37.4 Å². The number of benzene rings is 2. The highest BCUT2D eigenvalue weighted by Crippen LogP contribution is 2.37. The zero-order chi connectivity index (χ0) is 22.8. The van der Waals surface area contributed by atoms with Gasteiger partial charge in [0.05, 0.1) is 46.3 Å². The van der Waals surface area contributed by atoms with Crippen molar-refractivity contribution in [2.75, 3.05) is 37.2 Å². The van der Waals surface area contributed by atoms with Crippen LogP contribution in [0.5, 0.6) is 17.2 Å². The maximum atomic E-state index is 12.8. The minimum Gasteiger partial charge on any atom is -0.495 e. The van der Waals surface area contributed by atoms with Crippen molar-refractivity contribution in [3.8, 4) is 17.2 Å². The molecule has 0 spiro atoms. The molecule has 0 unspecified atom stereocenters. The van der Waals surface area contributed by atoms with Crippen LogP contribution in [0.3, 0.4) is 0 Å². The highest BCUT2D eigenvalue weighted by atomic mass is 35.5. The quantitative estimate of drug-likeness (QED) is 0.613. The summed E-state index contributed by atoms with van der Waals surface area (Å²) in [5.74, 6) is -0.597. The Hall–Kier alpha value is -2.69. The molecule has 31 heavy (non-hydrogen) atoms. The average molecular weight is 489 g/mol. The Bertz CT molecular complexity index is 1150. The van der Waals surface area contributed by atoms with Crippen molar-refractivity contribution < 1.29 is 32.2 Å². The van der Waals surface area contributed by atoms with Crippen LogP contribution in [0, 0.1) is 0 Å². The second-order valence-electron chi connectivity index (χ2n) is 6.42. The molecule has 1 aliphatic heterocycles. The van der Waals surface area contributed by atoms with Crippen LogP contribution >= 0.6 is 23.2 Å². The Balaban J connectivity index is 1.73. The second-order valence-corrected chi connectivity index (χ2v) is 9.31. The summed E-state index contributed by atoms with van der Waals surface area (Å²) in [6.07, 6.45) is -0.347. The number of hydrogen-bond donors (Lipinski definition) is 2. The van der Waals surface area contributed by atoms with E-state index in [1.807, 2.05) is 0 Å². The first-order valence-electron chi connectivity index (χ1n) is 8.85. The Morgan fingerprint density at radius 1 is 1.13 bits per heavy atom. The lowest BCUT2D eigenvalue weighted by molar-refractivity contribution is -0.118. The molecule has 166 valence electrons. The lowest BCUT2D eigenvalue weighted by Gasteiger charge is -2.19. The van der Waals surface area contributed by atoms with Gasteiger partial charge in [-0.3, -0.25) is 9.59 Å². The molecule has 0 fully saturated rings. The number of ether oxygens (including phenoxy) is 3. The van der Waals surface area contributed by atoms with Crippen LogP contribution in [0.1, 0.15) is 6.42 Å². The molecule has 0 radical (unpaired) electrons. The van der Waals surface area contributed by atoms with Gasteiger partial charge in [-0.1, -0.05) is 23.2 Å². The molecule has 1 heterocycles. The molecule has 2 aromatic carbocycles. The van der Waals surface area contributed by atoms with Crippen LogP contribution in [-0.2, 0) is 19.4 Å². The molecule has 0 aromatic heterocycles. The predicted molar refractivity (Wildman–Crippen MR) is 115 cm³/mol. The van der Waals surface area contributed by atoms with Gasteiger partial charge in [0.15, 0.2) is 16.4 Å². The number of hydrogen-bond acceptors (Lipinski definition) is 7. The lowest BCUT2D eigenvalue weighted by atomic mass is 10.2. The van der Waals surface area contributed by atoms with Crippen LogP contribution in [0.15, 0.2) is 29.2 Å². The molecule has 2 amide bonds. The second kappa shape index (κ2) is 9.21. The average Bonchev–Trinajstić information content (AvgIpc) is 2.72. The number of carbonyl (C=O) groups excluding carboxylic acids is 2. The number of nitrogens with one attached hydrogen (secondary N) is 2. The first-order valence-corrected chi connectivity index (χ1v) is 11.3. The molecule has 0 atom stereocenters. The lowest BCUT2D eigenvalue weighted by Crippen LogP contribution is -2.25. The van der Waals surface area contributed by atoms with Crippen molar-refractivity contribution in [2.45, 2.75) is 11.3 Å². The van der Waals surface area contributed by atoms with E-state index >= 15 is 0 Å². The molecule has 0 saturated heterocycles. The first-order chi connectivity index (χ1) is 14.6. The van der Waals surface area contributed by atoms with Gasteiger partial charge in [0.2, 0.25) is 5.91 Å². The van der Waals surface area contributed by atoms with Gasteiger partial charge in [-0.25, -0.2) is 8.42 Å². The molecular formula is C19H18Cl2N2O7S. The van der Waals surface area contributed by atoms with Crippen molar-refractivity contribution in [2.24, 2.45) is 0 Å². The third-order valence-electron chi connectivity index (χ3n) is 4.35. The fourth-order valence-electron chi connectivity index (χ4n) is 2.83. The van der Waals surface area contributed by atoms with E-state index in [1.165, 1.54) is 38.5 Å². The summed E-state index contributed by atoms with van der Waals surface area (Å²) >= 11 is 12.2. The van der Waals surface area contributed by atoms with Gasteiger partial charge in [0.25, 0.3) is 5.91 Å². The Morgan fingerprint density at radius 2 is 1.84 bits per heavy atom. The fraction of sp³-hybridized carbons (Fsp3) is 0.263. The number of methoxy groups -OCH3 is 2. The Morgan fingerprint density at radius 3 is 2.52 bits per heavy atom. The zero-order valence-corrected chi connectivity index (χ0v) is 18.8. The highest BCUT2D eigenvalue weighted by Gasteiger charge is 2.25. The van der Waals surface area contributed by atoms with E-state index in [9.17, 15) is 18.0 Å². The molecule has 1 aliphatic rings. The van der Waals surface area contributed by atoms with Gasteiger partial charge in [-0.2, -0.15) is 0 Å². The maximum absolute atomic E-state index is 12.8. The van der Waals surface area contributed by atoms with E-state index in [0.717, 1.165) is 0 Å². The number of halogens is 2. The van der Waals surface area contributed by atoms with Crippen LogP contribution in [-0.4, -0.2) is 46.8 Å². The van der Waals surface area contributed by atoms with Crippen molar-refractivity contribution in [3.63, 3.8) is 0 Å². The van der Waals surface area contributed by atoms with Gasteiger partial charge in [0, 0.05) is 18.6 Å². The summed E-state index contributed by atoms with van der Waals surface area (Å²) in [5, 5.41) is 5.27. The van der Waals surface area contributed by atoms with E-state index in [1.54, 1.807) is 0 Å². The molecule has 0 aliphatic carbocycles. The predicted octanol–water partition coefficient (Wildman–Crippen LogP) is 3.14. The summed E-state index contributed by atoms with van der Waals surface area (Å²) in [6.45, 7) is -0.233. The minimum atomic E-state index is -3.92. The number of sulfone groups is 1. The molecule has 2 N–H and O–H groups in total. The molecule has 9 nitrogen and oxygen atoms in total. The van der Waals surface area contributed by atoms with Crippen molar-refractivity contribution in [1.82, 2.24) is 0 Å². The smallest absolute Gasteiger partial charge is 0.262 e. The topological polar surface area (TPSA) is 120 Å². The summed E-state index contributed by atoms with van der Waals surface area (Å²) in [7, 11) is -1.08. The van der Waals surface area contributed by atoms with Crippen LogP contribution in [0.25, 0.3) is 0 Å². The maximum Gasteiger partial charge on any atom is 0.262 e. The summed E-state index contributed by atoms with van der Waals surface area (Å²) in [4.78, 5) is 23.6. The van der Waals surface area contributed by atoms with Crippen LogP contribution in [0.4, 0.5) is 11.4 Å². The monoisotopic (exact) mass is 488 g/mol. The summed E-state index contributed by atoms with van der Waals surface area (Å²) < 4.78 is 41.0. The van der Waals surface area contributed by atoms with E-state index in [0.29, 0.717) is 11.5 Å². The number of amides is 2. The summed E-state index contributed by atoms with van der Waals surface area (Å²) in [6, 6.07) is 5.47. The SMILES string of the molecule is COc1cc(OC)c(NC(=O)CCS(=O)(=O)c2cc3c(cc2Cl)NC(=O)CO3)cc1Cl.